The standard InChI is InChI=1S/C13H25N3O/c1-13(12(14)17,15-10-6-7-10)8-9-16(2)11-4-3-5-11/h10-11,15H,3-9H2,1-2H3,(H2,14,17). The number of carbonyl (C=O) groups excluding carboxylic acids is 1. The SMILES string of the molecule is CN(CCC(C)(NC1CC1)C(N)=O)C1CCC1. The van der Waals surface area contributed by atoms with E-state index in [4.69, 9.17) is 5.73 Å². The molecule has 0 aromatic rings. The molecular formula is C13H25N3O. The molecule has 0 heterocycles. The highest BCUT2D eigenvalue weighted by Crippen LogP contribution is 2.26. The molecule has 2 aliphatic rings. The lowest BCUT2D eigenvalue weighted by Gasteiger charge is -2.37. The third-order valence-corrected chi connectivity index (χ3v) is 4.31. The zero-order valence-corrected chi connectivity index (χ0v) is 11.0. The Morgan fingerprint density at radius 3 is 2.47 bits per heavy atom. The van der Waals surface area contributed by atoms with Gasteiger partial charge in [-0.05, 0) is 46.1 Å². The number of nitrogens with one attached hydrogen (secondary N) is 1. The zero-order valence-electron chi connectivity index (χ0n) is 11.0. The van der Waals surface area contributed by atoms with Crippen LogP contribution in [0.2, 0.25) is 0 Å². The topological polar surface area (TPSA) is 58.4 Å². The lowest BCUT2D eigenvalue weighted by Crippen LogP contribution is -2.55. The minimum absolute atomic E-state index is 0.216. The molecule has 0 saturated heterocycles. The molecule has 0 aromatic heterocycles. The Bertz CT molecular complexity index is 286. The van der Waals surface area contributed by atoms with E-state index < -0.39 is 5.54 Å². The van der Waals surface area contributed by atoms with E-state index in [1.165, 1.54) is 32.1 Å². The molecule has 0 bridgehead atoms. The van der Waals surface area contributed by atoms with Crippen LogP contribution in [-0.4, -0.2) is 42.0 Å². The predicted molar refractivity (Wildman–Crippen MR) is 68.6 cm³/mol. The van der Waals surface area contributed by atoms with E-state index in [0.29, 0.717) is 6.04 Å². The molecule has 1 amide bonds. The van der Waals surface area contributed by atoms with E-state index in [2.05, 4.69) is 17.3 Å². The highest BCUT2D eigenvalue weighted by molar-refractivity contribution is 5.84. The quantitative estimate of drug-likeness (QED) is 0.692. The molecule has 4 nitrogen and oxygen atoms in total. The largest absolute Gasteiger partial charge is 0.368 e. The Kier molecular flexibility index (Phi) is 3.73. The molecule has 0 spiro atoms. The van der Waals surface area contributed by atoms with Gasteiger partial charge in [0.2, 0.25) is 5.91 Å². The number of primary amides is 1. The summed E-state index contributed by atoms with van der Waals surface area (Å²) in [6.45, 7) is 2.89. The third-order valence-electron chi connectivity index (χ3n) is 4.31. The lowest BCUT2D eigenvalue weighted by molar-refractivity contribution is -0.124. The molecule has 2 rings (SSSR count). The van der Waals surface area contributed by atoms with Crippen molar-refractivity contribution in [2.24, 2.45) is 5.73 Å². The molecule has 1 unspecified atom stereocenters. The number of carbonyl (C=O) groups is 1. The van der Waals surface area contributed by atoms with Gasteiger partial charge >= 0.3 is 0 Å². The summed E-state index contributed by atoms with van der Waals surface area (Å²) in [4.78, 5) is 14.0. The molecule has 3 N–H and O–H groups in total. The maximum atomic E-state index is 11.6. The van der Waals surface area contributed by atoms with Crippen LogP contribution in [0.3, 0.4) is 0 Å². The Morgan fingerprint density at radius 2 is 2.06 bits per heavy atom. The third kappa shape index (κ3) is 3.19. The van der Waals surface area contributed by atoms with Gasteiger partial charge in [0, 0.05) is 18.6 Å². The summed E-state index contributed by atoms with van der Waals surface area (Å²) in [5.41, 5.74) is 5.01. The number of nitrogens with zero attached hydrogens (tertiary/aromatic N) is 1. The molecule has 2 fully saturated rings. The van der Waals surface area contributed by atoms with E-state index >= 15 is 0 Å². The molecule has 0 aromatic carbocycles. The van der Waals surface area contributed by atoms with E-state index in [-0.39, 0.29) is 5.91 Å². The van der Waals surface area contributed by atoms with Crippen molar-refractivity contribution < 1.29 is 4.79 Å². The van der Waals surface area contributed by atoms with Crippen LogP contribution in [0, 0.1) is 0 Å². The smallest absolute Gasteiger partial charge is 0.237 e. The number of amides is 1. The van der Waals surface area contributed by atoms with E-state index in [0.717, 1.165) is 19.0 Å². The fraction of sp³-hybridized carbons (Fsp3) is 0.923. The molecule has 98 valence electrons. The molecule has 0 radical (unpaired) electrons. The van der Waals surface area contributed by atoms with Gasteiger partial charge in [-0.3, -0.25) is 4.79 Å². The highest BCUT2D eigenvalue weighted by Gasteiger charge is 2.37. The van der Waals surface area contributed by atoms with Gasteiger partial charge in [0.25, 0.3) is 0 Å². The van der Waals surface area contributed by atoms with E-state index in [1.54, 1.807) is 0 Å². The predicted octanol–water partition coefficient (Wildman–Crippen LogP) is 0.857. The molecular weight excluding hydrogens is 214 g/mol. The molecule has 1 atom stereocenters. The second kappa shape index (κ2) is 4.94. The first kappa shape index (κ1) is 12.8. The van der Waals surface area contributed by atoms with Crippen LogP contribution in [0.1, 0.15) is 45.4 Å². The van der Waals surface area contributed by atoms with Crippen molar-refractivity contribution in [2.45, 2.75) is 63.1 Å². The van der Waals surface area contributed by atoms with Gasteiger partial charge < -0.3 is 16.0 Å². The van der Waals surface area contributed by atoms with Gasteiger partial charge in [-0.15, -0.1) is 0 Å². The zero-order chi connectivity index (χ0) is 12.5. The summed E-state index contributed by atoms with van der Waals surface area (Å²) >= 11 is 0. The first-order chi connectivity index (χ1) is 8.01. The van der Waals surface area contributed by atoms with Crippen LogP contribution in [0.5, 0.6) is 0 Å². The number of hydrogen-bond donors (Lipinski definition) is 2. The van der Waals surface area contributed by atoms with Gasteiger partial charge in [0.05, 0.1) is 5.54 Å². The average molecular weight is 239 g/mol. The summed E-state index contributed by atoms with van der Waals surface area (Å²) in [5, 5.41) is 3.40. The Labute approximate surface area is 104 Å². The van der Waals surface area contributed by atoms with Crippen molar-refractivity contribution in [1.29, 1.82) is 0 Å². The van der Waals surface area contributed by atoms with Crippen molar-refractivity contribution in [3.05, 3.63) is 0 Å². The summed E-state index contributed by atoms with van der Waals surface area (Å²) < 4.78 is 0. The number of nitrogens with two attached hydrogens (primary N) is 1. The lowest BCUT2D eigenvalue weighted by atomic mass is 9.90. The van der Waals surface area contributed by atoms with Gasteiger partial charge in [0.15, 0.2) is 0 Å². The Balaban J connectivity index is 1.81. The second-order valence-electron chi connectivity index (χ2n) is 5.93. The Morgan fingerprint density at radius 1 is 1.41 bits per heavy atom. The normalized spacial score (nSPS) is 24.4. The van der Waals surface area contributed by atoms with Crippen LogP contribution >= 0.6 is 0 Å². The molecule has 0 aliphatic heterocycles. The summed E-state index contributed by atoms with van der Waals surface area (Å²) in [5.74, 6) is -0.216. The van der Waals surface area contributed by atoms with Gasteiger partial charge in [-0.2, -0.15) is 0 Å². The molecule has 4 heteroatoms. The summed E-state index contributed by atoms with van der Waals surface area (Å²) in [6, 6.07) is 1.24. The van der Waals surface area contributed by atoms with Crippen LogP contribution in [-0.2, 0) is 4.79 Å². The average Bonchev–Trinajstić information content (AvgIpc) is 2.95. The van der Waals surface area contributed by atoms with Gasteiger partial charge in [0.1, 0.15) is 0 Å². The fourth-order valence-corrected chi connectivity index (χ4v) is 2.35. The second-order valence-corrected chi connectivity index (χ2v) is 5.93. The number of hydrogen-bond acceptors (Lipinski definition) is 3. The molecule has 2 saturated carbocycles. The van der Waals surface area contributed by atoms with Crippen molar-refractivity contribution in [1.82, 2.24) is 10.2 Å². The van der Waals surface area contributed by atoms with Crippen molar-refractivity contribution in [2.75, 3.05) is 13.6 Å². The van der Waals surface area contributed by atoms with Crippen LogP contribution < -0.4 is 11.1 Å². The monoisotopic (exact) mass is 239 g/mol. The highest BCUT2D eigenvalue weighted by atomic mass is 16.1. The maximum absolute atomic E-state index is 11.6. The van der Waals surface area contributed by atoms with Gasteiger partial charge in [-0.1, -0.05) is 6.42 Å². The minimum atomic E-state index is -0.529. The van der Waals surface area contributed by atoms with Crippen molar-refractivity contribution in [3.8, 4) is 0 Å². The minimum Gasteiger partial charge on any atom is -0.368 e. The van der Waals surface area contributed by atoms with Crippen molar-refractivity contribution in [3.63, 3.8) is 0 Å². The molecule has 2 aliphatic carbocycles. The number of rotatable bonds is 7. The fourth-order valence-electron chi connectivity index (χ4n) is 2.35. The van der Waals surface area contributed by atoms with Crippen LogP contribution in [0.25, 0.3) is 0 Å². The van der Waals surface area contributed by atoms with Gasteiger partial charge in [-0.25, -0.2) is 0 Å². The van der Waals surface area contributed by atoms with Crippen LogP contribution in [0.4, 0.5) is 0 Å². The van der Waals surface area contributed by atoms with Crippen molar-refractivity contribution >= 4 is 5.91 Å². The first-order valence-electron chi connectivity index (χ1n) is 6.79. The first-order valence-corrected chi connectivity index (χ1v) is 6.79. The Hall–Kier alpha value is -0.610. The maximum Gasteiger partial charge on any atom is 0.237 e. The summed E-state index contributed by atoms with van der Waals surface area (Å²) in [6.07, 6.45) is 7.14. The summed E-state index contributed by atoms with van der Waals surface area (Å²) in [7, 11) is 2.16. The van der Waals surface area contributed by atoms with E-state index in [9.17, 15) is 4.79 Å². The van der Waals surface area contributed by atoms with Crippen LogP contribution in [0.15, 0.2) is 0 Å². The van der Waals surface area contributed by atoms with E-state index in [1.807, 2.05) is 6.92 Å². The molecule has 17 heavy (non-hydrogen) atoms.